The maximum atomic E-state index is 10.1. The molecule has 0 bridgehead atoms. The summed E-state index contributed by atoms with van der Waals surface area (Å²) < 4.78 is 1.49. The zero-order valence-electron chi connectivity index (χ0n) is 7.97. The maximum Gasteiger partial charge on any atom is 2.00 e. The van der Waals surface area contributed by atoms with Gasteiger partial charge in [-0.15, -0.1) is 0 Å². The maximum absolute atomic E-state index is 10.1. The van der Waals surface area contributed by atoms with Crippen LogP contribution < -0.4 is 4.57 Å². The van der Waals surface area contributed by atoms with Crippen molar-refractivity contribution in [1.82, 2.24) is 4.98 Å². The topological polar surface area (TPSA) is 54.1 Å². The van der Waals surface area contributed by atoms with Crippen LogP contribution in [0, 0.1) is 0 Å². The molecule has 0 atom stereocenters. The zero-order valence-corrected chi connectivity index (χ0v) is 7.39. The molecule has 0 aliphatic heterocycles. The van der Waals surface area contributed by atoms with Gasteiger partial charge in [0, 0.05) is 6.07 Å². The first kappa shape index (κ1) is 10.3. The number of carbonyl (C=O) groups is 1. The van der Waals surface area contributed by atoms with Crippen molar-refractivity contribution in [2.24, 2.45) is 0 Å². The molecule has 1 aromatic rings. The molecule has 1 aromatic heterocycles. The van der Waals surface area contributed by atoms with Gasteiger partial charge in [0.1, 0.15) is 6.20 Å². The Morgan fingerprint density at radius 2 is 2.45 bits per heavy atom. The van der Waals surface area contributed by atoms with E-state index in [1.807, 2.05) is 0 Å². The Balaban J connectivity index is -0.000000333. The van der Waals surface area contributed by atoms with Crippen LogP contribution in [0.15, 0.2) is 24.8 Å². The van der Waals surface area contributed by atoms with E-state index in [0.29, 0.717) is 0 Å². The van der Waals surface area contributed by atoms with Crippen LogP contribution in [-0.4, -0.2) is 39.1 Å². The number of carboxylic acids is 1. The van der Waals surface area contributed by atoms with Crippen molar-refractivity contribution in [3.63, 3.8) is 0 Å². The normalized spacial score (nSPS) is 8.36. The summed E-state index contributed by atoms with van der Waals surface area (Å²) in [5, 5.41) is 8.32. The first-order chi connectivity index (χ1) is 4.79. The second-order valence-corrected chi connectivity index (χ2v) is 1.82. The van der Waals surface area contributed by atoms with Gasteiger partial charge in [0.15, 0.2) is 6.54 Å². The van der Waals surface area contributed by atoms with Gasteiger partial charge in [-0.1, -0.05) is 4.98 Å². The van der Waals surface area contributed by atoms with Gasteiger partial charge >= 0.3 is 29.0 Å². The SMILES string of the molecule is O=C(O)C[n+]1cccnc1.[H-].[H-].[Mg+2]. The van der Waals surface area contributed by atoms with Crippen LogP contribution in [0.25, 0.3) is 0 Å². The minimum absolute atomic E-state index is 0. The van der Waals surface area contributed by atoms with Crippen molar-refractivity contribution in [2.75, 3.05) is 0 Å². The van der Waals surface area contributed by atoms with E-state index in [2.05, 4.69) is 4.98 Å². The standard InChI is InChI=1S/C6H6N2O2.Mg.2H/c9-6(10)4-8-3-1-2-7-5-8;;;/h1-3,5H,4H2;;;/q;+2;2*-1/p+1. The number of aromatic nitrogens is 2. The van der Waals surface area contributed by atoms with E-state index in [9.17, 15) is 4.79 Å². The summed E-state index contributed by atoms with van der Waals surface area (Å²) in [5.41, 5.74) is 0. The molecule has 0 saturated heterocycles. The molecule has 1 heterocycles. The van der Waals surface area contributed by atoms with Gasteiger partial charge in [0.05, 0.1) is 6.20 Å². The Morgan fingerprint density at radius 1 is 1.73 bits per heavy atom. The molecule has 0 aliphatic carbocycles. The van der Waals surface area contributed by atoms with Crippen molar-refractivity contribution < 1.29 is 17.3 Å². The zero-order chi connectivity index (χ0) is 7.40. The number of hydrogen-bond donors (Lipinski definition) is 1. The first-order valence-electron chi connectivity index (χ1n) is 2.80. The minimum Gasteiger partial charge on any atom is -1.00 e. The Labute approximate surface area is 83.0 Å². The largest absolute Gasteiger partial charge is 2.00 e. The quantitative estimate of drug-likeness (QED) is 0.466. The average molecular weight is 165 g/mol. The van der Waals surface area contributed by atoms with E-state index in [0.717, 1.165) is 0 Å². The van der Waals surface area contributed by atoms with Crippen molar-refractivity contribution in [1.29, 1.82) is 0 Å². The molecule has 0 aliphatic rings. The third-order valence-electron chi connectivity index (χ3n) is 0.982. The molecule has 4 nitrogen and oxygen atoms in total. The van der Waals surface area contributed by atoms with Crippen LogP contribution in [0.3, 0.4) is 0 Å². The molecule has 0 fully saturated rings. The summed E-state index contributed by atoms with van der Waals surface area (Å²) in [6, 6.07) is 1.68. The molecule has 0 spiro atoms. The van der Waals surface area contributed by atoms with Crippen molar-refractivity contribution >= 4 is 29.0 Å². The number of rotatable bonds is 2. The fourth-order valence-electron chi connectivity index (χ4n) is 0.611. The molecular formula is C6H9MgN2O2+. The Hall–Kier alpha value is -0.684. The second kappa shape index (κ2) is 5.03. The van der Waals surface area contributed by atoms with Gasteiger partial charge in [0.25, 0.3) is 6.33 Å². The van der Waals surface area contributed by atoms with Crippen LogP contribution in [-0.2, 0) is 11.3 Å². The Kier molecular flexibility index (Phi) is 4.72. The number of carboxylic acid groups (broad SMARTS) is 1. The van der Waals surface area contributed by atoms with Gasteiger partial charge in [-0.25, -0.2) is 9.36 Å². The van der Waals surface area contributed by atoms with Crippen molar-refractivity contribution in [2.45, 2.75) is 6.54 Å². The predicted octanol–water partition coefficient (Wildman–Crippen LogP) is -0.702. The molecular weight excluding hydrogens is 156 g/mol. The fourth-order valence-corrected chi connectivity index (χ4v) is 0.611. The first-order valence-corrected chi connectivity index (χ1v) is 2.80. The van der Waals surface area contributed by atoms with E-state index >= 15 is 0 Å². The molecule has 1 N–H and O–H groups in total. The number of aliphatic carboxylic acids is 1. The molecule has 56 valence electrons. The van der Waals surface area contributed by atoms with E-state index in [-0.39, 0.29) is 32.5 Å². The molecule has 1 rings (SSSR count). The van der Waals surface area contributed by atoms with E-state index in [4.69, 9.17) is 5.11 Å². The summed E-state index contributed by atoms with van der Waals surface area (Å²) in [6.45, 7) is -0.0339. The molecule has 11 heavy (non-hydrogen) atoms. The summed E-state index contributed by atoms with van der Waals surface area (Å²) in [6.07, 6.45) is 4.72. The third-order valence-corrected chi connectivity index (χ3v) is 0.982. The van der Waals surface area contributed by atoms with Crippen LogP contribution in [0.2, 0.25) is 0 Å². The summed E-state index contributed by atoms with van der Waals surface area (Å²) in [7, 11) is 0. The third kappa shape index (κ3) is 3.89. The summed E-state index contributed by atoms with van der Waals surface area (Å²) in [5.74, 6) is -0.863. The van der Waals surface area contributed by atoms with Crippen LogP contribution in [0.1, 0.15) is 2.85 Å². The molecule has 0 aromatic carbocycles. The van der Waals surface area contributed by atoms with Crippen LogP contribution in [0.5, 0.6) is 0 Å². The number of hydrogen-bond acceptors (Lipinski definition) is 2. The van der Waals surface area contributed by atoms with Gasteiger partial charge in [0.2, 0.25) is 0 Å². The van der Waals surface area contributed by atoms with Crippen molar-refractivity contribution in [3.8, 4) is 0 Å². The Morgan fingerprint density at radius 3 is 2.91 bits per heavy atom. The smallest absolute Gasteiger partial charge is 1.00 e. The van der Waals surface area contributed by atoms with Crippen LogP contribution >= 0.6 is 0 Å². The van der Waals surface area contributed by atoms with E-state index in [1.54, 1.807) is 18.5 Å². The summed E-state index contributed by atoms with van der Waals surface area (Å²) in [4.78, 5) is 13.9. The number of nitrogens with zero attached hydrogens (tertiary/aromatic N) is 2. The minimum atomic E-state index is -0.863. The molecule has 0 unspecified atom stereocenters. The van der Waals surface area contributed by atoms with E-state index < -0.39 is 5.97 Å². The van der Waals surface area contributed by atoms with Crippen molar-refractivity contribution in [3.05, 3.63) is 24.8 Å². The van der Waals surface area contributed by atoms with Crippen LogP contribution in [0.4, 0.5) is 0 Å². The molecule has 0 saturated carbocycles. The van der Waals surface area contributed by atoms with Gasteiger partial charge in [-0.3, -0.25) is 0 Å². The molecule has 5 heteroatoms. The molecule has 0 radical (unpaired) electrons. The fraction of sp³-hybridized carbons (Fsp3) is 0.167. The van der Waals surface area contributed by atoms with Gasteiger partial charge in [-0.2, -0.15) is 0 Å². The predicted molar refractivity (Wildman–Crippen MR) is 40.0 cm³/mol. The Bertz CT molecular complexity index is 235. The van der Waals surface area contributed by atoms with Gasteiger partial charge < -0.3 is 7.96 Å². The van der Waals surface area contributed by atoms with E-state index in [1.165, 1.54) is 10.9 Å². The molecule has 0 amide bonds. The van der Waals surface area contributed by atoms with Gasteiger partial charge in [-0.05, 0) is 0 Å². The monoisotopic (exact) mass is 165 g/mol. The average Bonchev–Trinajstić information content (AvgIpc) is 1.88. The second-order valence-electron chi connectivity index (χ2n) is 1.82. The summed E-state index contributed by atoms with van der Waals surface area (Å²) >= 11 is 0.